The van der Waals surface area contributed by atoms with Gasteiger partial charge in [-0.25, -0.2) is 13.4 Å². The first kappa shape index (κ1) is 18.7. The van der Waals surface area contributed by atoms with E-state index in [0.717, 1.165) is 11.8 Å². The van der Waals surface area contributed by atoms with Gasteiger partial charge in [0.25, 0.3) is 0 Å². The monoisotopic (exact) mass is 388 g/mol. The first-order valence-electron chi connectivity index (χ1n) is 6.89. The van der Waals surface area contributed by atoms with Crippen LogP contribution in [0.3, 0.4) is 0 Å². The summed E-state index contributed by atoms with van der Waals surface area (Å²) in [4.78, 5) is 16.2. The average molecular weight is 389 g/mol. The number of carbonyl (C=O) groups excluding carboxylic acids is 1. The molecule has 1 heterocycles. The fraction of sp³-hybridized carbons (Fsp3) is 0.286. The number of nitrogens with one attached hydrogen (secondary N) is 2. The summed E-state index contributed by atoms with van der Waals surface area (Å²) >= 11 is 1.32. The molecule has 0 unspecified atom stereocenters. The molecule has 1 fully saturated rings. The lowest BCUT2D eigenvalue weighted by atomic mass is 10.1. The number of nitrogens with two attached hydrogens (primary N) is 1. The number of halogens is 1. The van der Waals surface area contributed by atoms with Crippen molar-refractivity contribution < 1.29 is 13.2 Å². The van der Waals surface area contributed by atoms with Crippen LogP contribution in [0.4, 0.5) is 10.8 Å². The van der Waals surface area contributed by atoms with Crippen molar-refractivity contribution in [3.8, 4) is 11.3 Å². The Morgan fingerprint density at radius 2 is 1.92 bits per heavy atom. The van der Waals surface area contributed by atoms with Gasteiger partial charge in [0.1, 0.15) is 0 Å². The molecule has 0 bridgehead atoms. The minimum absolute atomic E-state index is 0. The SMILES string of the molecule is CS(=O)(=O)Nc1ccc(-c2csc(NC(=O)C3(N)CC3)n2)cc1.Cl. The van der Waals surface area contributed by atoms with Gasteiger partial charge >= 0.3 is 0 Å². The number of aromatic nitrogens is 1. The van der Waals surface area contributed by atoms with Crippen molar-refractivity contribution in [3.63, 3.8) is 0 Å². The zero-order valence-electron chi connectivity index (χ0n) is 12.8. The van der Waals surface area contributed by atoms with Gasteiger partial charge in [-0.05, 0) is 25.0 Å². The predicted octanol–water partition coefficient (Wildman–Crippen LogP) is 2.03. The van der Waals surface area contributed by atoms with Gasteiger partial charge < -0.3 is 11.1 Å². The molecule has 0 aliphatic heterocycles. The van der Waals surface area contributed by atoms with Gasteiger partial charge in [-0.15, -0.1) is 23.7 Å². The summed E-state index contributed by atoms with van der Waals surface area (Å²) in [6, 6.07) is 6.85. The van der Waals surface area contributed by atoms with Crippen LogP contribution in [0.25, 0.3) is 11.3 Å². The van der Waals surface area contributed by atoms with Crippen LogP contribution in [0.2, 0.25) is 0 Å². The Hall–Kier alpha value is -1.68. The van der Waals surface area contributed by atoms with Crippen LogP contribution >= 0.6 is 23.7 Å². The summed E-state index contributed by atoms with van der Waals surface area (Å²) in [5.74, 6) is -0.203. The Balaban J connectivity index is 0.00000208. The van der Waals surface area contributed by atoms with Crippen LogP contribution in [0.1, 0.15) is 12.8 Å². The van der Waals surface area contributed by atoms with Gasteiger partial charge in [-0.1, -0.05) is 12.1 Å². The highest BCUT2D eigenvalue weighted by molar-refractivity contribution is 7.92. The van der Waals surface area contributed by atoms with E-state index < -0.39 is 15.6 Å². The summed E-state index contributed by atoms with van der Waals surface area (Å²) in [6.45, 7) is 0. The number of nitrogens with zero attached hydrogens (tertiary/aromatic N) is 1. The van der Waals surface area contributed by atoms with Crippen LogP contribution in [0.5, 0.6) is 0 Å². The van der Waals surface area contributed by atoms with Crippen LogP contribution in [0.15, 0.2) is 29.6 Å². The highest BCUT2D eigenvalue weighted by Gasteiger charge is 2.46. The molecule has 1 amide bonds. The molecule has 3 rings (SSSR count). The van der Waals surface area contributed by atoms with Crippen molar-refractivity contribution in [2.24, 2.45) is 5.73 Å². The fourth-order valence-corrected chi connectivity index (χ4v) is 3.25. The standard InChI is InChI=1S/C14H16N4O3S2.ClH/c1-23(20,21)18-10-4-2-9(3-5-10)11-8-22-13(16-11)17-12(19)14(15)6-7-14;/h2-5,8,18H,6-7,15H2,1H3,(H,16,17,19);1H. The Morgan fingerprint density at radius 3 is 2.46 bits per heavy atom. The van der Waals surface area contributed by atoms with Crippen molar-refractivity contribution in [2.75, 3.05) is 16.3 Å². The maximum absolute atomic E-state index is 11.9. The van der Waals surface area contributed by atoms with Gasteiger partial charge in [0.05, 0.1) is 17.5 Å². The molecule has 4 N–H and O–H groups in total. The third-order valence-corrected chi connectivity index (χ3v) is 4.81. The second-order valence-electron chi connectivity index (χ2n) is 5.60. The Bertz CT molecular complexity index is 845. The maximum atomic E-state index is 11.9. The van der Waals surface area contributed by atoms with E-state index in [9.17, 15) is 13.2 Å². The molecular weight excluding hydrogens is 372 g/mol. The zero-order valence-corrected chi connectivity index (χ0v) is 15.2. The number of hydrogen-bond donors (Lipinski definition) is 3. The highest BCUT2D eigenvalue weighted by Crippen LogP contribution is 2.34. The largest absolute Gasteiger partial charge is 0.317 e. The number of carbonyl (C=O) groups is 1. The minimum atomic E-state index is -3.30. The van der Waals surface area contributed by atoms with Crippen molar-refractivity contribution in [1.82, 2.24) is 4.98 Å². The second kappa shape index (κ2) is 6.67. The summed E-state index contributed by atoms with van der Waals surface area (Å²) in [7, 11) is -3.30. The average Bonchev–Trinajstić information content (AvgIpc) is 3.05. The molecule has 130 valence electrons. The molecule has 24 heavy (non-hydrogen) atoms. The van der Waals surface area contributed by atoms with Crippen LogP contribution < -0.4 is 15.8 Å². The molecule has 1 aliphatic rings. The molecular formula is C14H17ClN4O3S2. The van der Waals surface area contributed by atoms with E-state index in [2.05, 4.69) is 15.0 Å². The first-order valence-corrected chi connectivity index (χ1v) is 9.66. The lowest BCUT2D eigenvalue weighted by Crippen LogP contribution is -2.37. The lowest BCUT2D eigenvalue weighted by molar-refractivity contribution is -0.118. The molecule has 1 aromatic heterocycles. The number of benzene rings is 1. The van der Waals surface area contributed by atoms with E-state index >= 15 is 0 Å². The van der Waals surface area contributed by atoms with Gasteiger partial charge in [0, 0.05) is 16.6 Å². The molecule has 0 radical (unpaired) electrons. The maximum Gasteiger partial charge on any atom is 0.246 e. The number of amides is 1. The number of anilines is 2. The normalized spacial score (nSPS) is 15.2. The van der Waals surface area contributed by atoms with E-state index in [0.29, 0.717) is 29.4 Å². The topological polar surface area (TPSA) is 114 Å². The summed E-state index contributed by atoms with van der Waals surface area (Å²) in [5.41, 5.74) is 7.12. The molecule has 1 aromatic carbocycles. The van der Waals surface area contributed by atoms with E-state index in [4.69, 9.17) is 5.73 Å². The Morgan fingerprint density at radius 1 is 1.29 bits per heavy atom. The van der Waals surface area contributed by atoms with Crippen LogP contribution in [0, 0.1) is 0 Å². The number of thiazole rings is 1. The van der Waals surface area contributed by atoms with Gasteiger partial charge in [-0.2, -0.15) is 0 Å². The Kier molecular flexibility index (Phi) is 5.19. The summed E-state index contributed by atoms with van der Waals surface area (Å²) in [5, 5.41) is 5.05. The number of sulfonamides is 1. The fourth-order valence-electron chi connectivity index (χ4n) is 1.97. The highest BCUT2D eigenvalue weighted by atomic mass is 35.5. The Labute approximate surface area is 150 Å². The van der Waals surface area contributed by atoms with E-state index in [1.165, 1.54) is 11.3 Å². The van der Waals surface area contributed by atoms with Gasteiger partial charge in [-0.3, -0.25) is 9.52 Å². The molecule has 1 saturated carbocycles. The van der Waals surface area contributed by atoms with E-state index in [-0.39, 0.29) is 18.3 Å². The van der Waals surface area contributed by atoms with E-state index in [1.807, 2.05) is 5.38 Å². The summed E-state index contributed by atoms with van der Waals surface area (Å²) in [6.07, 6.45) is 2.50. The number of hydrogen-bond acceptors (Lipinski definition) is 6. The van der Waals surface area contributed by atoms with Crippen molar-refractivity contribution in [2.45, 2.75) is 18.4 Å². The first-order chi connectivity index (χ1) is 10.8. The molecule has 10 heteroatoms. The molecule has 0 spiro atoms. The predicted molar refractivity (Wildman–Crippen MR) is 98.0 cm³/mol. The van der Waals surface area contributed by atoms with Gasteiger partial charge in [0.2, 0.25) is 15.9 Å². The number of rotatable bonds is 5. The van der Waals surface area contributed by atoms with Crippen molar-refractivity contribution in [3.05, 3.63) is 29.6 Å². The van der Waals surface area contributed by atoms with Crippen molar-refractivity contribution in [1.29, 1.82) is 0 Å². The summed E-state index contributed by atoms with van der Waals surface area (Å²) < 4.78 is 24.7. The lowest BCUT2D eigenvalue weighted by Gasteiger charge is -2.06. The van der Waals surface area contributed by atoms with Crippen molar-refractivity contribution >= 4 is 50.5 Å². The van der Waals surface area contributed by atoms with Crippen LogP contribution in [-0.2, 0) is 14.8 Å². The smallest absolute Gasteiger partial charge is 0.246 e. The third-order valence-electron chi connectivity index (χ3n) is 3.45. The molecule has 2 aromatic rings. The molecule has 0 atom stereocenters. The quantitative estimate of drug-likeness (QED) is 0.725. The van der Waals surface area contributed by atoms with Gasteiger partial charge in [0.15, 0.2) is 5.13 Å². The molecule has 7 nitrogen and oxygen atoms in total. The molecule has 1 aliphatic carbocycles. The molecule has 0 saturated heterocycles. The minimum Gasteiger partial charge on any atom is -0.317 e. The van der Waals surface area contributed by atoms with Crippen LogP contribution in [-0.4, -0.2) is 31.1 Å². The zero-order chi connectivity index (χ0) is 16.7. The third kappa shape index (κ3) is 4.44. The second-order valence-corrected chi connectivity index (χ2v) is 8.21. The van der Waals surface area contributed by atoms with E-state index in [1.54, 1.807) is 24.3 Å².